The second-order valence-electron chi connectivity index (χ2n) is 6.15. The molecule has 1 aliphatic carbocycles. The third kappa shape index (κ3) is 4.42. The predicted octanol–water partition coefficient (Wildman–Crippen LogP) is 2.81. The van der Waals surface area contributed by atoms with Crippen LogP contribution in [-0.4, -0.2) is 43.2 Å². The van der Waals surface area contributed by atoms with E-state index in [0.717, 1.165) is 25.7 Å². The number of halogens is 1. The summed E-state index contributed by atoms with van der Waals surface area (Å²) in [6.07, 6.45) is 6.51. The smallest absolute Gasteiger partial charge is 0.165 e. The van der Waals surface area contributed by atoms with Crippen molar-refractivity contribution in [3.05, 3.63) is 30.1 Å². The van der Waals surface area contributed by atoms with Crippen molar-refractivity contribution in [2.24, 2.45) is 0 Å². The summed E-state index contributed by atoms with van der Waals surface area (Å²) in [5.41, 5.74) is 0. The Morgan fingerprint density at radius 2 is 2.05 bits per heavy atom. The van der Waals surface area contributed by atoms with Gasteiger partial charge in [0.1, 0.15) is 6.61 Å². The van der Waals surface area contributed by atoms with Crippen molar-refractivity contribution < 1.29 is 9.13 Å². The van der Waals surface area contributed by atoms with Crippen LogP contribution in [0.15, 0.2) is 24.3 Å². The second-order valence-corrected chi connectivity index (χ2v) is 6.15. The number of benzene rings is 1. The number of hydrogen-bond donors (Lipinski definition) is 1. The van der Waals surface area contributed by atoms with Crippen LogP contribution in [0.5, 0.6) is 5.75 Å². The van der Waals surface area contributed by atoms with Gasteiger partial charge in [-0.1, -0.05) is 18.6 Å². The van der Waals surface area contributed by atoms with Crippen LogP contribution in [0.2, 0.25) is 0 Å². The fraction of sp³-hybridized carbons (Fsp3) is 0.647. The van der Waals surface area contributed by atoms with E-state index in [4.69, 9.17) is 4.74 Å². The summed E-state index contributed by atoms with van der Waals surface area (Å²) in [5.74, 6) is 0.0912. The fourth-order valence-corrected chi connectivity index (χ4v) is 3.06. The number of nitrogens with zero attached hydrogens (tertiary/aromatic N) is 1. The van der Waals surface area contributed by atoms with Crippen molar-refractivity contribution in [1.29, 1.82) is 0 Å². The molecule has 1 unspecified atom stereocenters. The van der Waals surface area contributed by atoms with E-state index >= 15 is 0 Å². The summed E-state index contributed by atoms with van der Waals surface area (Å²) < 4.78 is 19.1. The molecular formula is C17H25FN2O. The van der Waals surface area contributed by atoms with Gasteiger partial charge in [-0.25, -0.2) is 4.39 Å². The van der Waals surface area contributed by atoms with Gasteiger partial charge in [0.25, 0.3) is 0 Å². The number of piperidine rings is 1. The lowest BCUT2D eigenvalue weighted by Gasteiger charge is -2.30. The van der Waals surface area contributed by atoms with Crippen LogP contribution in [0.25, 0.3) is 0 Å². The third-order valence-corrected chi connectivity index (χ3v) is 4.40. The van der Waals surface area contributed by atoms with E-state index in [1.54, 1.807) is 12.1 Å². The SMILES string of the molecule is Fc1ccccc1OCCN(CC1CCCCN1)C1CC1. The van der Waals surface area contributed by atoms with Crippen molar-refractivity contribution in [3.63, 3.8) is 0 Å². The first-order valence-corrected chi connectivity index (χ1v) is 8.18. The van der Waals surface area contributed by atoms with Crippen molar-refractivity contribution in [1.82, 2.24) is 10.2 Å². The number of rotatable bonds is 7. The molecule has 2 aliphatic rings. The molecule has 1 heterocycles. The Labute approximate surface area is 126 Å². The quantitative estimate of drug-likeness (QED) is 0.836. The Bertz CT molecular complexity index is 444. The molecule has 0 amide bonds. The normalized spacial score (nSPS) is 22.5. The number of hydrogen-bond acceptors (Lipinski definition) is 3. The van der Waals surface area contributed by atoms with Crippen molar-refractivity contribution in [2.75, 3.05) is 26.2 Å². The summed E-state index contributed by atoms with van der Waals surface area (Å²) in [4.78, 5) is 2.52. The molecule has 1 saturated carbocycles. The summed E-state index contributed by atoms with van der Waals surface area (Å²) in [6, 6.07) is 7.97. The van der Waals surface area contributed by atoms with Gasteiger partial charge < -0.3 is 10.1 Å². The van der Waals surface area contributed by atoms with Crippen molar-refractivity contribution in [3.8, 4) is 5.75 Å². The van der Waals surface area contributed by atoms with E-state index in [9.17, 15) is 4.39 Å². The van der Waals surface area contributed by atoms with E-state index in [1.165, 1.54) is 38.2 Å². The zero-order valence-electron chi connectivity index (χ0n) is 12.6. The lowest BCUT2D eigenvalue weighted by molar-refractivity contribution is 0.174. The van der Waals surface area contributed by atoms with E-state index in [0.29, 0.717) is 18.4 Å². The molecule has 1 saturated heterocycles. The molecule has 3 rings (SSSR count). The molecule has 0 aromatic heterocycles. The van der Waals surface area contributed by atoms with Crippen LogP contribution in [0.4, 0.5) is 4.39 Å². The largest absolute Gasteiger partial charge is 0.489 e. The average Bonchev–Trinajstić information content (AvgIpc) is 3.34. The van der Waals surface area contributed by atoms with Gasteiger partial charge in [-0.15, -0.1) is 0 Å². The van der Waals surface area contributed by atoms with Crippen LogP contribution in [0, 0.1) is 5.82 Å². The topological polar surface area (TPSA) is 24.5 Å². The standard InChI is InChI=1S/C17H25FN2O/c18-16-6-1-2-7-17(16)21-12-11-20(15-8-9-15)13-14-5-3-4-10-19-14/h1-2,6-7,14-15,19H,3-5,8-13H2. The number of nitrogens with one attached hydrogen (secondary N) is 1. The molecule has 116 valence electrons. The Morgan fingerprint density at radius 1 is 1.19 bits per heavy atom. The van der Waals surface area contributed by atoms with Crippen LogP contribution in [0.3, 0.4) is 0 Å². The highest BCUT2D eigenvalue weighted by Crippen LogP contribution is 2.27. The predicted molar refractivity (Wildman–Crippen MR) is 82.1 cm³/mol. The van der Waals surface area contributed by atoms with Crippen LogP contribution in [-0.2, 0) is 0 Å². The summed E-state index contributed by atoms with van der Waals surface area (Å²) in [5, 5.41) is 3.61. The molecule has 1 atom stereocenters. The van der Waals surface area contributed by atoms with Gasteiger partial charge in [-0.05, 0) is 44.4 Å². The first-order valence-electron chi connectivity index (χ1n) is 8.18. The van der Waals surface area contributed by atoms with Gasteiger partial charge in [0.05, 0.1) is 0 Å². The van der Waals surface area contributed by atoms with Gasteiger partial charge in [0, 0.05) is 25.2 Å². The number of ether oxygens (including phenoxy) is 1. The molecule has 3 nitrogen and oxygen atoms in total. The highest BCUT2D eigenvalue weighted by atomic mass is 19.1. The molecule has 4 heteroatoms. The minimum absolute atomic E-state index is 0.274. The van der Waals surface area contributed by atoms with Gasteiger partial charge in [0.2, 0.25) is 0 Å². The maximum absolute atomic E-state index is 13.5. The Kier molecular flexibility index (Phi) is 5.09. The highest BCUT2D eigenvalue weighted by molar-refractivity contribution is 5.23. The molecule has 1 aromatic rings. The summed E-state index contributed by atoms with van der Waals surface area (Å²) in [7, 11) is 0. The van der Waals surface area contributed by atoms with Crippen LogP contribution >= 0.6 is 0 Å². The van der Waals surface area contributed by atoms with E-state index in [2.05, 4.69) is 10.2 Å². The van der Waals surface area contributed by atoms with Gasteiger partial charge >= 0.3 is 0 Å². The molecule has 2 fully saturated rings. The van der Waals surface area contributed by atoms with Crippen molar-refractivity contribution in [2.45, 2.75) is 44.2 Å². The summed E-state index contributed by atoms with van der Waals surface area (Å²) in [6.45, 7) is 3.70. The van der Waals surface area contributed by atoms with E-state index in [-0.39, 0.29) is 5.82 Å². The molecule has 0 spiro atoms. The monoisotopic (exact) mass is 292 g/mol. The zero-order chi connectivity index (χ0) is 14.5. The molecule has 1 aliphatic heterocycles. The minimum atomic E-state index is -0.274. The third-order valence-electron chi connectivity index (χ3n) is 4.40. The maximum Gasteiger partial charge on any atom is 0.165 e. The zero-order valence-corrected chi connectivity index (χ0v) is 12.6. The first kappa shape index (κ1) is 14.8. The van der Waals surface area contributed by atoms with E-state index < -0.39 is 0 Å². The Morgan fingerprint density at radius 3 is 2.76 bits per heavy atom. The van der Waals surface area contributed by atoms with Crippen molar-refractivity contribution >= 4 is 0 Å². The lowest BCUT2D eigenvalue weighted by atomic mass is 10.0. The first-order chi connectivity index (χ1) is 10.3. The molecule has 21 heavy (non-hydrogen) atoms. The molecule has 1 aromatic carbocycles. The van der Waals surface area contributed by atoms with Gasteiger partial charge in [-0.3, -0.25) is 4.90 Å². The Balaban J connectivity index is 1.45. The molecular weight excluding hydrogens is 267 g/mol. The highest BCUT2D eigenvalue weighted by Gasteiger charge is 2.30. The van der Waals surface area contributed by atoms with Gasteiger partial charge in [0.15, 0.2) is 11.6 Å². The van der Waals surface area contributed by atoms with E-state index in [1.807, 2.05) is 6.07 Å². The maximum atomic E-state index is 13.5. The minimum Gasteiger partial charge on any atom is -0.489 e. The molecule has 0 bridgehead atoms. The molecule has 1 N–H and O–H groups in total. The molecule has 0 radical (unpaired) electrons. The number of para-hydroxylation sites is 1. The lowest BCUT2D eigenvalue weighted by Crippen LogP contribution is -2.45. The van der Waals surface area contributed by atoms with Crippen LogP contribution < -0.4 is 10.1 Å². The van der Waals surface area contributed by atoms with Gasteiger partial charge in [-0.2, -0.15) is 0 Å². The Hall–Kier alpha value is -1.13. The van der Waals surface area contributed by atoms with Crippen LogP contribution in [0.1, 0.15) is 32.1 Å². The second kappa shape index (κ2) is 7.23. The average molecular weight is 292 g/mol. The fourth-order valence-electron chi connectivity index (χ4n) is 3.06. The summed E-state index contributed by atoms with van der Waals surface area (Å²) >= 11 is 0.